The maximum Gasteiger partial charge on any atom is 0.325 e. The number of phenols is 2. The zero-order chi connectivity index (χ0) is 57.8. The van der Waals surface area contributed by atoms with Crippen LogP contribution in [-0.2, 0) is 60.8 Å². The van der Waals surface area contributed by atoms with Crippen LogP contribution in [0.15, 0.2) is 48.5 Å². The average Bonchev–Trinajstić information content (AvgIpc) is 3.87. The van der Waals surface area contributed by atoms with Gasteiger partial charge in [-0.1, -0.05) is 38.1 Å². The van der Waals surface area contributed by atoms with Gasteiger partial charge < -0.3 is 94.0 Å². The molecule has 28 heteroatoms. The smallest absolute Gasteiger partial charge is 0.325 e. The van der Waals surface area contributed by atoms with Gasteiger partial charge >= 0.3 is 5.97 Å². The van der Waals surface area contributed by atoms with Crippen LogP contribution in [0.1, 0.15) is 65.0 Å². The lowest BCUT2D eigenvalue weighted by molar-refractivity contribution is -0.143. The Labute approximate surface area is 442 Å². The highest BCUT2D eigenvalue weighted by Gasteiger charge is 2.40. The highest BCUT2D eigenvalue weighted by atomic mass is 16.4. The van der Waals surface area contributed by atoms with Crippen molar-refractivity contribution in [3.05, 3.63) is 59.7 Å². The van der Waals surface area contributed by atoms with E-state index in [9.17, 15) is 83.7 Å². The second kappa shape index (κ2) is 30.3. The van der Waals surface area contributed by atoms with Crippen LogP contribution in [0.4, 0.5) is 0 Å². The number of carbonyl (C=O) groups is 10. The Morgan fingerprint density at radius 2 is 0.935 bits per heavy atom. The summed E-state index contributed by atoms with van der Waals surface area (Å²) in [5.74, 6) is -11.1. The summed E-state index contributed by atoms with van der Waals surface area (Å²) in [6.45, 7) is 3.90. The lowest BCUT2D eigenvalue weighted by atomic mass is 10.0. The van der Waals surface area contributed by atoms with E-state index in [0.29, 0.717) is 17.5 Å². The van der Waals surface area contributed by atoms with Gasteiger partial charge in [-0.05, 0) is 81.3 Å². The Hall–Kier alpha value is -7.50. The Kier molecular flexibility index (Phi) is 25.1. The van der Waals surface area contributed by atoms with E-state index in [1.165, 1.54) is 48.5 Å². The molecule has 1 aliphatic heterocycles. The van der Waals surface area contributed by atoms with Crippen molar-refractivity contribution >= 4 is 59.1 Å². The molecule has 18 N–H and O–H groups in total. The summed E-state index contributed by atoms with van der Waals surface area (Å²) in [4.78, 5) is 134. The van der Waals surface area contributed by atoms with E-state index < -0.39 is 158 Å². The van der Waals surface area contributed by atoms with Crippen LogP contribution in [0.5, 0.6) is 11.5 Å². The number of carboxylic acids is 1. The summed E-state index contributed by atoms with van der Waals surface area (Å²) in [6, 6.07) is -5.09. The van der Waals surface area contributed by atoms with Crippen molar-refractivity contribution in [2.75, 3.05) is 26.4 Å². The Morgan fingerprint density at radius 1 is 0.545 bits per heavy atom. The highest BCUT2D eigenvalue weighted by Crippen LogP contribution is 2.20. The molecule has 0 spiro atoms. The second-order valence-electron chi connectivity index (χ2n) is 19.0. The van der Waals surface area contributed by atoms with Crippen LogP contribution in [0.2, 0.25) is 0 Å². The fraction of sp³-hybridized carbons (Fsp3) is 0.551. The molecule has 0 unspecified atom stereocenters. The SMILES string of the molecule is CC(C)C[C@H](N)C(=O)N[C@@H](CO)C(=O)N1CCC[C@H]1C(=O)N[C@@H](Cc1ccc(O)cc1)C(=O)N[C@@H](CO)C(=O)N[C@@H](Cc1ccc(O)cc1)C(=O)N[C@@H](CO)C(=O)N[C@H](C(=O)N[C@H](C(=O)N[C@@H](C)C(=O)O)[C@@H](C)O)[C@@H](C)O. The molecule has 1 saturated heterocycles. The lowest BCUT2D eigenvalue weighted by Crippen LogP contribution is -2.63. The number of carbonyl (C=O) groups excluding carboxylic acids is 9. The van der Waals surface area contributed by atoms with E-state index in [1.807, 2.05) is 13.8 Å². The molecule has 9 amide bonds. The molecular weight excluding hydrogens is 1020 g/mol. The number of likely N-dealkylation sites (tertiary alicyclic amines) is 1. The van der Waals surface area contributed by atoms with Crippen molar-refractivity contribution in [3.8, 4) is 11.5 Å². The summed E-state index contributed by atoms with van der Waals surface area (Å²) in [5.41, 5.74) is 6.67. The minimum Gasteiger partial charge on any atom is -0.508 e. The summed E-state index contributed by atoms with van der Waals surface area (Å²) in [7, 11) is 0. The zero-order valence-electron chi connectivity index (χ0n) is 43.2. The highest BCUT2D eigenvalue weighted by molar-refractivity contribution is 5.99. The number of aliphatic hydroxyl groups is 5. The minimum absolute atomic E-state index is 0.0375. The number of hydrogen-bond donors (Lipinski definition) is 17. The zero-order valence-corrected chi connectivity index (χ0v) is 43.2. The molecule has 426 valence electrons. The monoisotopic (exact) mass is 1090 g/mol. The minimum atomic E-state index is -1.92. The molecule has 28 nitrogen and oxygen atoms in total. The van der Waals surface area contributed by atoms with Crippen LogP contribution < -0.4 is 48.3 Å². The molecule has 0 radical (unpaired) electrons. The third-order valence-corrected chi connectivity index (χ3v) is 12.2. The summed E-state index contributed by atoms with van der Waals surface area (Å²) >= 11 is 0. The standard InChI is InChI=1S/C49H72N10O18/c1-23(2)17-31(50)40(67)56-36(22-62)48(75)59-16-6-7-37(59)45(72)53-33(19-28-10-14-30(66)15-11-28)42(69)54-34(20-60)43(70)52-32(18-27-8-12-29(65)13-9-27)41(68)55-35(21-61)44(71)57-39(26(5)64)47(74)58-38(25(4)63)46(73)51-24(3)49(76)77/h8-15,23-26,31-39,60-66H,6-7,16-22,50H2,1-5H3,(H,51,73)(H,52,70)(H,53,72)(H,54,69)(H,55,68)(H,56,67)(H,57,71)(H,58,74)(H,76,77)/t24-,25+,26+,31-,32-,33-,34-,35-,36-,37-,38-,39-/m0/s1. The number of nitrogens with one attached hydrogen (secondary N) is 8. The molecule has 0 bridgehead atoms. The number of aliphatic hydroxyl groups excluding tert-OH is 5. The van der Waals surface area contributed by atoms with Crippen molar-refractivity contribution in [1.82, 2.24) is 47.4 Å². The molecule has 1 heterocycles. The predicted molar refractivity (Wildman–Crippen MR) is 269 cm³/mol. The number of amides is 9. The first-order valence-electron chi connectivity index (χ1n) is 24.7. The van der Waals surface area contributed by atoms with E-state index in [4.69, 9.17) is 10.8 Å². The van der Waals surface area contributed by atoms with Gasteiger partial charge in [-0.15, -0.1) is 0 Å². The molecule has 77 heavy (non-hydrogen) atoms. The van der Waals surface area contributed by atoms with Gasteiger partial charge in [0, 0.05) is 19.4 Å². The Bertz CT molecular complexity index is 2370. The van der Waals surface area contributed by atoms with Crippen LogP contribution in [-0.4, -0.2) is 204 Å². The van der Waals surface area contributed by atoms with Crippen molar-refractivity contribution in [1.29, 1.82) is 0 Å². The number of carboxylic acid groups (broad SMARTS) is 1. The molecular formula is C49H72N10O18. The van der Waals surface area contributed by atoms with Gasteiger partial charge in [-0.2, -0.15) is 0 Å². The topological polar surface area (TPSA) is 458 Å². The van der Waals surface area contributed by atoms with Crippen LogP contribution >= 0.6 is 0 Å². The van der Waals surface area contributed by atoms with Crippen molar-refractivity contribution in [2.45, 2.75) is 139 Å². The van der Waals surface area contributed by atoms with Crippen LogP contribution in [0.3, 0.4) is 0 Å². The molecule has 2 aromatic carbocycles. The molecule has 0 aliphatic carbocycles. The van der Waals surface area contributed by atoms with Gasteiger partial charge in [0.05, 0.1) is 38.1 Å². The van der Waals surface area contributed by atoms with E-state index in [0.717, 1.165) is 25.7 Å². The Balaban J connectivity index is 1.86. The van der Waals surface area contributed by atoms with E-state index in [2.05, 4.69) is 42.5 Å². The van der Waals surface area contributed by atoms with Gasteiger partial charge in [-0.3, -0.25) is 47.9 Å². The molecule has 2 aromatic rings. The van der Waals surface area contributed by atoms with Gasteiger partial charge in [0.1, 0.15) is 65.9 Å². The van der Waals surface area contributed by atoms with Gasteiger partial charge in [0.15, 0.2) is 0 Å². The van der Waals surface area contributed by atoms with Gasteiger partial charge in [0.25, 0.3) is 0 Å². The largest absolute Gasteiger partial charge is 0.508 e. The first-order chi connectivity index (χ1) is 36.2. The maximum absolute atomic E-state index is 14.1. The van der Waals surface area contributed by atoms with Gasteiger partial charge in [0.2, 0.25) is 53.2 Å². The van der Waals surface area contributed by atoms with Crippen LogP contribution in [0, 0.1) is 5.92 Å². The lowest BCUT2D eigenvalue weighted by Gasteiger charge is -2.30. The number of benzene rings is 2. The quantitative estimate of drug-likeness (QED) is 0.0361. The normalized spacial score (nSPS) is 17.5. The van der Waals surface area contributed by atoms with E-state index >= 15 is 0 Å². The first-order valence-corrected chi connectivity index (χ1v) is 24.7. The number of hydrogen-bond acceptors (Lipinski definition) is 18. The molecule has 0 aromatic heterocycles. The number of rotatable bonds is 29. The average molecular weight is 1090 g/mol. The fourth-order valence-corrected chi connectivity index (χ4v) is 7.88. The summed E-state index contributed by atoms with van der Waals surface area (Å²) < 4.78 is 0. The summed E-state index contributed by atoms with van der Waals surface area (Å²) in [5, 5.41) is 98.7. The summed E-state index contributed by atoms with van der Waals surface area (Å²) in [6.07, 6.45) is -3.31. The second-order valence-corrected chi connectivity index (χ2v) is 19.0. The third kappa shape index (κ3) is 19.5. The fourth-order valence-electron chi connectivity index (χ4n) is 7.88. The van der Waals surface area contributed by atoms with E-state index in [1.54, 1.807) is 0 Å². The van der Waals surface area contributed by atoms with Crippen LogP contribution in [0.25, 0.3) is 0 Å². The van der Waals surface area contributed by atoms with E-state index in [-0.39, 0.29) is 43.2 Å². The molecule has 1 aliphatic rings. The van der Waals surface area contributed by atoms with Crippen molar-refractivity contribution < 1.29 is 88.8 Å². The number of phenolic OH excluding ortho intramolecular Hbond substituents is 2. The number of aliphatic carboxylic acids is 1. The molecule has 3 rings (SSSR count). The maximum atomic E-state index is 14.1. The molecule has 1 fully saturated rings. The number of aromatic hydroxyl groups is 2. The third-order valence-electron chi connectivity index (χ3n) is 12.2. The number of nitrogens with zero attached hydrogens (tertiary/aromatic N) is 1. The first kappa shape index (κ1) is 63.8. The van der Waals surface area contributed by atoms with Gasteiger partial charge in [-0.25, -0.2) is 0 Å². The molecule has 12 atom stereocenters. The Morgan fingerprint density at radius 3 is 1.36 bits per heavy atom. The van der Waals surface area contributed by atoms with Crippen molar-refractivity contribution in [3.63, 3.8) is 0 Å². The van der Waals surface area contributed by atoms with Crippen molar-refractivity contribution in [2.24, 2.45) is 11.7 Å². The molecule has 0 saturated carbocycles. The predicted octanol–water partition coefficient (Wildman–Crippen LogP) is -6.03. The number of nitrogens with two attached hydrogens (primary N) is 1.